The van der Waals surface area contributed by atoms with E-state index in [0.717, 1.165) is 5.39 Å². The Labute approximate surface area is 111 Å². The lowest BCUT2D eigenvalue weighted by Crippen LogP contribution is -2.23. The van der Waals surface area contributed by atoms with E-state index in [4.69, 9.17) is 0 Å². The van der Waals surface area contributed by atoms with E-state index in [1.54, 1.807) is 0 Å². The molecule has 4 nitrogen and oxygen atoms in total. The Morgan fingerprint density at radius 2 is 2.11 bits per heavy atom. The molecule has 0 saturated heterocycles. The van der Waals surface area contributed by atoms with Gasteiger partial charge in [0.15, 0.2) is 0 Å². The number of pyridine rings is 1. The highest BCUT2D eigenvalue weighted by atomic mass is 16.1. The zero-order valence-electron chi connectivity index (χ0n) is 10.9. The van der Waals surface area contributed by atoms with Crippen LogP contribution in [0.25, 0.3) is 16.6 Å². The highest BCUT2D eigenvalue weighted by molar-refractivity contribution is 5.92. The molecule has 0 radical (unpaired) electrons. The number of fused-ring (bicyclic) bond motifs is 1. The maximum absolute atomic E-state index is 11.9. The number of aromatic amines is 1. The summed E-state index contributed by atoms with van der Waals surface area (Å²) in [7, 11) is 0. The van der Waals surface area contributed by atoms with Gasteiger partial charge in [-0.15, -0.1) is 0 Å². The predicted octanol–water partition coefficient (Wildman–Crippen LogP) is 2.37. The van der Waals surface area contributed by atoms with E-state index < -0.39 is 0 Å². The van der Waals surface area contributed by atoms with E-state index in [0.29, 0.717) is 16.8 Å². The first-order chi connectivity index (χ1) is 9.04. The number of hydrogen-bond donors (Lipinski definition) is 2. The molecule has 0 saturated carbocycles. The van der Waals surface area contributed by atoms with Gasteiger partial charge in [0.1, 0.15) is 11.6 Å². The van der Waals surface area contributed by atoms with Gasteiger partial charge in [-0.05, 0) is 19.9 Å². The first-order valence-corrected chi connectivity index (χ1v) is 6.05. The number of aromatic nitrogens is 1. The molecule has 0 atom stereocenters. The molecule has 1 aromatic carbocycles. The first kappa shape index (κ1) is 12.9. The van der Waals surface area contributed by atoms with Gasteiger partial charge in [-0.1, -0.05) is 24.8 Å². The normalized spacial score (nSPS) is 10.4. The Balaban J connectivity index is 2.79. The van der Waals surface area contributed by atoms with Gasteiger partial charge in [-0.25, -0.2) is 0 Å². The molecule has 1 heterocycles. The molecule has 96 valence electrons. The van der Waals surface area contributed by atoms with Crippen LogP contribution in [0.2, 0.25) is 0 Å². The summed E-state index contributed by atoms with van der Waals surface area (Å²) in [4.78, 5) is 14.6. The van der Waals surface area contributed by atoms with E-state index in [2.05, 4.69) is 16.9 Å². The van der Waals surface area contributed by atoms with Crippen LogP contribution in [0.5, 0.6) is 0 Å². The summed E-state index contributed by atoms with van der Waals surface area (Å²) < 4.78 is 0. The molecule has 1 aromatic heterocycles. The van der Waals surface area contributed by atoms with Crippen LogP contribution in [-0.4, -0.2) is 11.0 Å². The summed E-state index contributed by atoms with van der Waals surface area (Å²) in [6.07, 6.45) is 0. The summed E-state index contributed by atoms with van der Waals surface area (Å²) in [5, 5.41) is 13.2. The number of H-pyrrole nitrogens is 1. The van der Waals surface area contributed by atoms with Crippen molar-refractivity contribution in [1.82, 2.24) is 10.3 Å². The highest BCUT2D eigenvalue weighted by Crippen LogP contribution is 2.23. The molecular weight excluding hydrogens is 238 g/mol. The van der Waals surface area contributed by atoms with E-state index in [9.17, 15) is 10.1 Å². The summed E-state index contributed by atoms with van der Waals surface area (Å²) in [6.45, 7) is 7.91. The summed E-state index contributed by atoms with van der Waals surface area (Å²) in [6, 6.07) is 9.53. The Hall–Kier alpha value is -2.54. The van der Waals surface area contributed by atoms with Gasteiger partial charge in [0.05, 0.1) is 0 Å². The van der Waals surface area contributed by atoms with Crippen molar-refractivity contribution in [1.29, 1.82) is 5.26 Å². The number of rotatable bonds is 3. The second-order valence-electron chi connectivity index (χ2n) is 4.64. The minimum atomic E-state index is -0.386. The Kier molecular flexibility index (Phi) is 3.39. The van der Waals surface area contributed by atoms with Crippen molar-refractivity contribution < 1.29 is 0 Å². The number of benzene rings is 1. The van der Waals surface area contributed by atoms with Gasteiger partial charge in [-0.2, -0.15) is 5.26 Å². The van der Waals surface area contributed by atoms with Gasteiger partial charge in [0.25, 0.3) is 5.56 Å². The third-order valence-electron chi connectivity index (χ3n) is 2.80. The van der Waals surface area contributed by atoms with Crippen LogP contribution >= 0.6 is 0 Å². The Morgan fingerprint density at radius 1 is 1.42 bits per heavy atom. The zero-order chi connectivity index (χ0) is 14.0. The minimum absolute atomic E-state index is 0.0943. The molecule has 0 aliphatic carbocycles. The van der Waals surface area contributed by atoms with Crippen molar-refractivity contribution in [3.63, 3.8) is 0 Å². The smallest absolute Gasteiger partial charge is 0.267 e. The molecule has 19 heavy (non-hydrogen) atoms. The minimum Gasteiger partial charge on any atom is -0.383 e. The topological polar surface area (TPSA) is 68.7 Å². The van der Waals surface area contributed by atoms with E-state index in [1.807, 2.05) is 44.2 Å². The summed E-state index contributed by atoms with van der Waals surface area (Å²) >= 11 is 0. The second-order valence-corrected chi connectivity index (χ2v) is 4.64. The molecule has 2 N–H and O–H groups in total. The Bertz CT molecular complexity index is 735. The van der Waals surface area contributed by atoms with E-state index in [1.165, 1.54) is 0 Å². The van der Waals surface area contributed by atoms with Crippen molar-refractivity contribution >= 4 is 16.6 Å². The number of para-hydroxylation sites is 1. The molecule has 4 heteroatoms. The predicted molar refractivity (Wildman–Crippen MR) is 76.6 cm³/mol. The zero-order valence-corrected chi connectivity index (χ0v) is 10.9. The lowest BCUT2D eigenvalue weighted by Gasteiger charge is -2.15. The van der Waals surface area contributed by atoms with Crippen molar-refractivity contribution in [3.8, 4) is 6.07 Å². The maximum Gasteiger partial charge on any atom is 0.267 e. The molecular formula is C15H15N3O. The Morgan fingerprint density at radius 3 is 2.74 bits per heavy atom. The average Bonchev–Trinajstić information content (AvgIpc) is 2.36. The van der Waals surface area contributed by atoms with Crippen LogP contribution in [0.15, 0.2) is 35.6 Å². The SMILES string of the molecule is C=C(NC(C)C)c1c(C#N)c(=O)[nH]c2ccccc12. The largest absolute Gasteiger partial charge is 0.383 e. The fourth-order valence-corrected chi connectivity index (χ4v) is 2.08. The molecule has 2 rings (SSSR count). The van der Waals surface area contributed by atoms with Gasteiger partial charge >= 0.3 is 0 Å². The van der Waals surface area contributed by atoms with Gasteiger partial charge < -0.3 is 10.3 Å². The quantitative estimate of drug-likeness (QED) is 0.882. The number of nitrogens with zero attached hydrogens (tertiary/aromatic N) is 1. The molecule has 0 amide bonds. The molecule has 0 fully saturated rings. The van der Waals surface area contributed by atoms with Gasteiger partial charge in [-0.3, -0.25) is 4.79 Å². The second kappa shape index (κ2) is 4.99. The molecule has 0 bridgehead atoms. The van der Waals surface area contributed by atoms with Crippen molar-refractivity contribution in [2.24, 2.45) is 0 Å². The van der Waals surface area contributed by atoms with Crippen molar-refractivity contribution in [2.45, 2.75) is 19.9 Å². The van der Waals surface area contributed by atoms with Gasteiger partial charge in [0.2, 0.25) is 0 Å². The molecule has 2 aromatic rings. The van der Waals surface area contributed by atoms with Crippen molar-refractivity contribution in [2.75, 3.05) is 0 Å². The van der Waals surface area contributed by atoms with Crippen molar-refractivity contribution in [3.05, 3.63) is 52.3 Å². The standard InChI is InChI=1S/C15H15N3O/c1-9(2)17-10(3)14-11-6-4-5-7-13(11)18-15(19)12(14)8-16/h4-7,9,17H,3H2,1-2H3,(H,18,19). The first-order valence-electron chi connectivity index (χ1n) is 6.05. The van der Waals surface area contributed by atoms with Crippen LogP contribution in [0.3, 0.4) is 0 Å². The summed E-state index contributed by atoms with van der Waals surface area (Å²) in [5.74, 6) is 0. The van der Waals surface area contributed by atoms with E-state index >= 15 is 0 Å². The van der Waals surface area contributed by atoms with Crippen LogP contribution in [0.4, 0.5) is 0 Å². The van der Waals surface area contributed by atoms with Crippen LogP contribution in [0.1, 0.15) is 25.0 Å². The average molecular weight is 253 g/mol. The van der Waals surface area contributed by atoms with Crippen LogP contribution in [-0.2, 0) is 0 Å². The van der Waals surface area contributed by atoms with E-state index in [-0.39, 0.29) is 17.2 Å². The molecule has 0 unspecified atom stereocenters. The fraction of sp³-hybridized carbons (Fsp3) is 0.200. The number of hydrogen-bond acceptors (Lipinski definition) is 3. The lowest BCUT2D eigenvalue weighted by molar-refractivity contribution is 0.718. The van der Waals surface area contributed by atoms with Gasteiger partial charge in [0, 0.05) is 28.2 Å². The third kappa shape index (κ3) is 2.36. The molecule has 0 spiro atoms. The van der Waals surface area contributed by atoms with Crippen LogP contribution < -0.4 is 10.9 Å². The summed E-state index contributed by atoms with van der Waals surface area (Å²) in [5.41, 5.74) is 1.58. The lowest BCUT2D eigenvalue weighted by atomic mass is 10.0. The maximum atomic E-state index is 11.9. The highest BCUT2D eigenvalue weighted by Gasteiger charge is 2.15. The van der Waals surface area contributed by atoms with Crippen LogP contribution in [0, 0.1) is 11.3 Å². The third-order valence-corrected chi connectivity index (χ3v) is 2.80. The molecule has 0 aliphatic rings. The number of nitrogens with one attached hydrogen (secondary N) is 2. The monoisotopic (exact) mass is 253 g/mol. The molecule has 0 aliphatic heterocycles. The number of nitriles is 1. The fourth-order valence-electron chi connectivity index (χ4n) is 2.08.